The number of methoxy groups -OCH3 is 1. The zero-order valence-electron chi connectivity index (χ0n) is 13.8. The lowest BCUT2D eigenvalue weighted by Crippen LogP contribution is -2.14. The van der Waals surface area contributed by atoms with Gasteiger partial charge in [0.15, 0.2) is 11.6 Å². The van der Waals surface area contributed by atoms with Crippen molar-refractivity contribution in [2.24, 2.45) is 0 Å². The van der Waals surface area contributed by atoms with Crippen LogP contribution in [0.1, 0.15) is 10.4 Å². The number of carbonyl (C=O) groups is 1. The lowest BCUT2D eigenvalue weighted by molar-refractivity contribution is 0.102. The smallest absolute Gasteiger partial charge is 0.259 e. The number of benzene rings is 2. The fourth-order valence-corrected chi connectivity index (χ4v) is 2.64. The van der Waals surface area contributed by atoms with E-state index in [9.17, 15) is 9.18 Å². The summed E-state index contributed by atoms with van der Waals surface area (Å²) in [6.07, 6.45) is 1.56. The monoisotopic (exact) mass is 415 g/mol. The number of nitrogens with one attached hydrogen (secondary N) is 2. The van der Waals surface area contributed by atoms with Gasteiger partial charge in [-0.05, 0) is 46.3 Å². The summed E-state index contributed by atoms with van der Waals surface area (Å²) in [4.78, 5) is 16.9. The van der Waals surface area contributed by atoms with Crippen molar-refractivity contribution >= 4 is 39.0 Å². The minimum absolute atomic E-state index is 0.140. The molecule has 0 bridgehead atoms. The van der Waals surface area contributed by atoms with Crippen molar-refractivity contribution in [3.8, 4) is 5.75 Å². The first kappa shape index (κ1) is 17.9. The van der Waals surface area contributed by atoms with Crippen molar-refractivity contribution in [1.29, 1.82) is 0 Å². The highest BCUT2D eigenvalue weighted by Gasteiger charge is 2.15. The third-order valence-corrected chi connectivity index (χ3v) is 3.98. The van der Waals surface area contributed by atoms with Crippen LogP contribution in [0, 0.1) is 5.82 Å². The molecule has 7 heteroatoms. The molecule has 3 aromatic rings. The maximum Gasteiger partial charge on any atom is 0.259 e. The Bertz CT molecular complexity index is 935. The lowest BCUT2D eigenvalue weighted by atomic mass is 10.2. The molecule has 0 spiro atoms. The lowest BCUT2D eigenvalue weighted by Gasteiger charge is -2.12. The Morgan fingerprint density at radius 3 is 2.58 bits per heavy atom. The van der Waals surface area contributed by atoms with Gasteiger partial charge in [-0.1, -0.05) is 18.2 Å². The van der Waals surface area contributed by atoms with E-state index in [4.69, 9.17) is 4.74 Å². The van der Waals surface area contributed by atoms with Gasteiger partial charge < -0.3 is 15.4 Å². The molecule has 3 rings (SSSR count). The van der Waals surface area contributed by atoms with E-state index >= 15 is 0 Å². The van der Waals surface area contributed by atoms with Crippen molar-refractivity contribution in [3.63, 3.8) is 0 Å². The average molecular weight is 416 g/mol. The Balaban J connectivity index is 1.88. The van der Waals surface area contributed by atoms with Crippen molar-refractivity contribution in [2.75, 3.05) is 17.7 Å². The summed E-state index contributed by atoms with van der Waals surface area (Å²) >= 11 is 3.32. The van der Waals surface area contributed by atoms with E-state index in [-0.39, 0.29) is 11.7 Å². The van der Waals surface area contributed by atoms with Crippen LogP contribution >= 0.6 is 15.9 Å². The van der Waals surface area contributed by atoms with Crippen LogP contribution in [-0.4, -0.2) is 18.0 Å². The maximum atomic E-state index is 13.9. The fraction of sp³-hybridized carbons (Fsp3) is 0.0526. The molecular formula is C19H15BrFN3O2. The predicted molar refractivity (Wildman–Crippen MR) is 103 cm³/mol. The van der Waals surface area contributed by atoms with Gasteiger partial charge >= 0.3 is 0 Å². The number of hydrogen-bond acceptors (Lipinski definition) is 4. The molecule has 1 amide bonds. The van der Waals surface area contributed by atoms with Gasteiger partial charge in [-0.15, -0.1) is 0 Å². The number of anilines is 3. The van der Waals surface area contributed by atoms with Gasteiger partial charge in [-0.25, -0.2) is 9.37 Å². The van der Waals surface area contributed by atoms with Crippen LogP contribution in [0.15, 0.2) is 65.3 Å². The van der Waals surface area contributed by atoms with Crippen molar-refractivity contribution in [1.82, 2.24) is 4.98 Å². The molecule has 1 heterocycles. The summed E-state index contributed by atoms with van der Waals surface area (Å²) in [7, 11) is 1.40. The summed E-state index contributed by atoms with van der Waals surface area (Å²) in [5, 5.41) is 5.78. The number of nitrogens with zero attached hydrogens (tertiary/aromatic N) is 1. The van der Waals surface area contributed by atoms with Gasteiger partial charge in [-0.2, -0.15) is 0 Å². The number of pyridine rings is 1. The molecule has 0 radical (unpaired) electrons. The molecule has 0 saturated carbocycles. The summed E-state index contributed by atoms with van der Waals surface area (Å²) in [5.74, 6) is -0.390. The van der Waals surface area contributed by atoms with Gasteiger partial charge in [-0.3, -0.25) is 4.79 Å². The number of hydrogen-bond donors (Lipinski definition) is 2. The number of rotatable bonds is 5. The number of halogens is 2. The Hall–Kier alpha value is -2.93. The molecular weight excluding hydrogens is 401 g/mol. The zero-order valence-corrected chi connectivity index (χ0v) is 15.4. The van der Waals surface area contributed by atoms with Crippen LogP contribution in [0.3, 0.4) is 0 Å². The van der Waals surface area contributed by atoms with Crippen LogP contribution < -0.4 is 15.4 Å². The summed E-state index contributed by atoms with van der Waals surface area (Å²) in [5.41, 5.74) is 1.44. The Morgan fingerprint density at radius 1 is 1.12 bits per heavy atom. The second-order valence-electron chi connectivity index (χ2n) is 5.34. The first-order valence-electron chi connectivity index (χ1n) is 7.69. The molecule has 0 aliphatic carbocycles. The number of carbonyl (C=O) groups excluding carboxylic acids is 1. The number of ether oxygens (including phenoxy) is 1. The van der Waals surface area contributed by atoms with Gasteiger partial charge in [0.2, 0.25) is 0 Å². The van der Waals surface area contributed by atoms with Gasteiger partial charge in [0, 0.05) is 28.1 Å². The Labute approximate surface area is 158 Å². The van der Waals surface area contributed by atoms with Gasteiger partial charge in [0.05, 0.1) is 12.7 Å². The largest absolute Gasteiger partial charge is 0.494 e. The molecule has 0 saturated heterocycles. The van der Waals surface area contributed by atoms with Crippen LogP contribution in [0.5, 0.6) is 5.75 Å². The summed E-state index contributed by atoms with van der Waals surface area (Å²) in [6.45, 7) is 0. The highest BCUT2D eigenvalue weighted by molar-refractivity contribution is 9.10. The van der Waals surface area contributed by atoms with Crippen LogP contribution in [0.4, 0.5) is 21.6 Å². The first-order valence-corrected chi connectivity index (χ1v) is 8.48. The van der Waals surface area contributed by atoms with Crippen LogP contribution in [0.2, 0.25) is 0 Å². The molecule has 2 N–H and O–H groups in total. The van der Waals surface area contributed by atoms with Crippen molar-refractivity contribution < 1.29 is 13.9 Å². The van der Waals surface area contributed by atoms with Crippen molar-refractivity contribution in [3.05, 3.63) is 76.6 Å². The Morgan fingerprint density at radius 2 is 1.88 bits per heavy atom. The minimum atomic E-state index is -0.509. The van der Waals surface area contributed by atoms with Crippen molar-refractivity contribution in [2.45, 2.75) is 0 Å². The molecule has 132 valence electrons. The van der Waals surface area contributed by atoms with E-state index in [0.717, 1.165) is 0 Å². The van der Waals surface area contributed by atoms with Gasteiger partial charge in [0.1, 0.15) is 5.82 Å². The highest BCUT2D eigenvalue weighted by Crippen LogP contribution is 2.26. The number of aromatic nitrogens is 1. The molecule has 2 aromatic carbocycles. The topological polar surface area (TPSA) is 63.2 Å². The summed E-state index contributed by atoms with van der Waals surface area (Å²) in [6, 6.07) is 15.2. The molecule has 0 atom stereocenters. The standard InChI is InChI=1S/C19H15BrFN3O2/c1-26-17-8-7-14(10-16(17)21)23-18-15(9-12(20)11-22-18)19(25)24-13-5-3-2-4-6-13/h2-11H,1H3,(H,22,23)(H,24,25). The third-order valence-electron chi connectivity index (χ3n) is 3.55. The van der Waals surface area contributed by atoms with E-state index < -0.39 is 5.82 Å². The van der Waals surface area contributed by atoms with E-state index in [1.807, 2.05) is 18.2 Å². The molecule has 0 aliphatic heterocycles. The SMILES string of the molecule is COc1ccc(Nc2ncc(Br)cc2C(=O)Nc2ccccc2)cc1F. The fourth-order valence-electron chi connectivity index (χ4n) is 2.31. The third kappa shape index (κ3) is 4.18. The van der Waals surface area contributed by atoms with E-state index in [1.165, 1.54) is 19.2 Å². The highest BCUT2D eigenvalue weighted by atomic mass is 79.9. The molecule has 0 fully saturated rings. The van der Waals surface area contributed by atoms with Gasteiger partial charge in [0.25, 0.3) is 5.91 Å². The maximum absolute atomic E-state index is 13.9. The molecule has 0 aliphatic rings. The second kappa shape index (κ2) is 7.97. The number of para-hydroxylation sites is 1. The molecule has 1 aromatic heterocycles. The molecule has 0 unspecified atom stereocenters. The molecule has 26 heavy (non-hydrogen) atoms. The van der Waals surface area contributed by atoms with E-state index in [0.29, 0.717) is 27.2 Å². The quantitative estimate of drug-likeness (QED) is 0.616. The molecule has 5 nitrogen and oxygen atoms in total. The van der Waals surface area contributed by atoms with Crippen LogP contribution in [-0.2, 0) is 0 Å². The van der Waals surface area contributed by atoms with E-state index in [2.05, 4.69) is 31.5 Å². The second-order valence-corrected chi connectivity index (χ2v) is 6.26. The predicted octanol–water partition coefficient (Wildman–Crippen LogP) is 4.99. The van der Waals surface area contributed by atoms with Crippen LogP contribution in [0.25, 0.3) is 0 Å². The number of amides is 1. The Kier molecular flexibility index (Phi) is 5.48. The average Bonchev–Trinajstić information content (AvgIpc) is 2.64. The van der Waals surface area contributed by atoms with E-state index in [1.54, 1.807) is 30.5 Å². The summed E-state index contributed by atoms with van der Waals surface area (Å²) < 4.78 is 19.5. The first-order chi connectivity index (χ1) is 12.6. The zero-order chi connectivity index (χ0) is 18.5. The minimum Gasteiger partial charge on any atom is -0.494 e. The normalized spacial score (nSPS) is 10.3.